The molecule has 0 saturated heterocycles. The zero-order valence-corrected chi connectivity index (χ0v) is 26.5. The fourth-order valence-electron chi connectivity index (χ4n) is 4.63. The number of allylic oxidation sites excluding steroid dienone is 3. The number of pyridine rings is 1. The summed E-state index contributed by atoms with van der Waals surface area (Å²) in [6.45, 7) is 14.0. The van der Waals surface area contributed by atoms with E-state index < -0.39 is 0 Å². The Bertz CT molecular complexity index is 1530. The summed E-state index contributed by atoms with van der Waals surface area (Å²) in [5.74, 6) is 1.04. The predicted molar refractivity (Wildman–Crippen MR) is 186 cm³/mol. The van der Waals surface area contributed by atoms with E-state index in [1.807, 2.05) is 57.2 Å². The maximum absolute atomic E-state index is 12.6. The molecule has 5 rings (SSSR count). The number of benzene rings is 2. The molecule has 236 valence electrons. The molecule has 1 aliphatic heterocycles. The lowest BCUT2D eigenvalue weighted by molar-refractivity contribution is 0.215. The fourth-order valence-corrected chi connectivity index (χ4v) is 4.63. The second kappa shape index (κ2) is 15.8. The number of nitrogens with one attached hydrogen (secondary N) is 3. The van der Waals surface area contributed by atoms with Crippen molar-refractivity contribution in [2.75, 3.05) is 31.8 Å². The number of methoxy groups -OCH3 is 1. The quantitative estimate of drug-likeness (QED) is 0.157. The first kappa shape index (κ1) is 33.2. The zero-order valence-electron chi connectivity index (χ0n) is 26.5. The smallest absolute Gasteiger partial charge is 0.274 e. The van der Waals surface area contributed by atoms with E-state index in [1.165, 1.54) is 22.9 Å². The third-order valence-corrected chi connectivity index (χ3v) is 7.39. The van der Waals surface area contributed by atoms with Gasteiger partial charge in [-0.05, 0) is 99.2 Å². The van der Waals surface area contributed by atoms with Gasteiger partial charge in [-0.2, -0.15) is 0 Å². The standard InChI is InChI=1S/C20H25N5O.C12H14O.C3H8O.3H2/c1-13-3-8-18(23-2)20(26)25(13)12-19(15-5-6-15)24-11-14-4-7-17(22)16(9-14)10-21;1-8(2)10-4-5-12-11(7-10)6-9(3)13-12;1-3-4-2;;;/h3-4,7-10,21,23-24H,5-6,11-12,22H2,1-2H3;4-5,7,9H,1,6H2,2-3H3;3H2,1-2H3;3*1H. The molecule has 0 radical (unpaired) electrons. The molecule has 1 fully saturated rings. The van der Waals surface area contributed by atoms with Crippen molar-refractivity contribution in [3.63, 3.8) is 0 Å². The van der Waals surface area contributed by atoms with Crippen LogP contribution in [0.25, 0.3) is 5.57 Å². The van der Waals surface area contributed by atoms with Gasteiger partial charge in [-0.25, -0.2) is 0 Å². The number of nitrogens with zero attached hydrogens (tertiary/aromatic N) is 1. The Morgan fingerprint density at radius 2 is 1.95 bits per heavy atom. The summed E-state index contributed by atoms with van der Waals surface area (Å²) >= 11 is 0. The summed E-state index contributed by atoms with van der Waals surface area (Å²) < 4.78 is 12.0. The lowest BCUT2D eigenvalue weighted by Crippen LogP contribution is -2.28. The summed E-state index contributed by atoms with van der Waals surface area (Å²) in [6, 6.07) is 15.8. The Labute approximate surface area is 260 Å². The van der Waals surface area contributed by atoms with Crippen molar-refractivity contribution in [1.82, 2.24) is 9.88 Å². The van der Waals surface area contributed by atoms with E-state index >= 15 is 0 Å². The van der Waals surface area contributed by atoms with E-state index in [4.69, 9.17) is 15.9 Å². The van der Waals surface area contributed by atoms with Crippen LogP contribution in [-0.4, -0.2) is 37.7 Å². The Balaban J connectivity index is 0.000000853. The van der Waals surface area contributed by atoms with E-state index in [0.29, 0.717) is 30.6 Å². The van der Waals surface area contributed by atoms with Crippen LogP contribution in [0.15, 0.2) is 71.2 Å². The molecule has 0 amide bonds. The molecule has 5 N–H and O–H groups in total. The Kier molecular flexibility index (Phi) is 12.2. The number of fused-ring (bicyclic) bond motifs is 1. The largest absolute Gasteiger partial charge is 0.490 e. The molecule has 0 spiro atoms. The van der Waals surface area contributed by atoms with Gasteiger partial charge in [0.15, 0.2) is 0 Å². The second-order valence-electron chi connectivity index (χ2n) is 10.9. The highest BCUT2D eigenvalue weighted by Crippen LogP contribution is 2.32. The number of aromatic nitrogens is 1. The number of hydrogen-bond donors (Lipinski definition) is 4. The van der Waals surface area contributed by atoms with Crippen LogP contribution in [0.4, 0.5) is 11.4 Å². The van der Waals surface area contributed by atoms with Crippen LogP contribution in [-0.2, 0) is 24.2 Å². The van der Waals surface area contributed by atoms with Crippen LogP contribution in [0.3, 0.4) is 0 Å². The molecule has 2 aliphatic rings. The second-order valence-corrected chi connectivity index (χ2v) is 10.9. The molecular weight excluding hydrogens is 538 g/mol. The first-order valence-electron chi connectivity index (χ1n) is 14.8. The highest BCUT2D eigenvalue weighted by molar-refractivity contribution is 5.85. The van der Waals surface area contributed by atoms with E-state index in [2.05, 4.69) is 41.0 Å². The van der Waals surface area contributed by atoms with Gasteiger partial charge in [-0.15, -0.1) is 0 Å². The minimum atomic E-state index is -0.00775. The fraction of sp³-hybridized carbons (Fsp3) is 0.371. The van der Waals surface area contributed by atoms with Gasteiger partial charge in [0.25, 0.3) is 5.56 Å². The molecule has 3 aromatic rings. The molecule has 1 atom stereocenters. The van der Waals surface area contributed by atoms with Crippen molar-refractivity contribution in [3.8, 4) is 5.75 Å². The van der Waals surface area contributed by atoms with E-state index in [0.717, 1.165) is 59.7 Å². The van der Waals surface area contributed by atoms with Crippen molar-refractivity contribution in [3.05, 3.63) is 105 Å². The first-order valence-corrected chi connectivity index (χ1v) is 14.8. The van der Waals surface area contributed by atoms with Crippen molar-refractivity contribution in [2.24, 2.45) is 0 Å². The first-order chi connectivity index (χ1) is 20.6. The van der Waals surface area contributed by atoms with Gasteiger partial charge < -0.3 is 35.8 Å². The molecule has 1 saturated carbocycles. The lowest BCUT2D eigenvalue weighted by atomic mass is 10.0. The van der Waals surface area contributed by atoms with Crippen molar-refractivity contribution < 1.29 is 13.8 Å². The summed E-state index contributed by atoms with van der Waals surface area (Å²) in [6.07, 6.45) is 4.78. The highest BCUT2D eigenvalue weighted by Gasteiger charge is 2.20. The molecular formula is C35H53N5O3. The minimum Gasteiger partial charge on any atom is -0.490 e. The average Bonchev–Trinajstić information content (AvgIpc) is 3.77. The molecule has 43 heavy (non-hydrogen) atoms. The van der Waals surface area contributed by atoms with Gasteiger partial charge in [0, 0.05) is 66.9 Å². The highest BCUT2D eigenvalue weighted by atomic mass is 16.5. The maximum atomic E-state index is 12.6. The Morgan fingerprint density at radius 1 is 1.23 bits per heavy atom. The predicted octanol–water partition coefficient (Wildman–Crippen LogP) is 7.05. The lowest BCUT2D eigenvalue weighted by Gasteiger charge is -2.16. The topological polar surface area (TPSA) is 114 Å². The zero-order chi connectivity index (χ0) is 31.5. The van der Waals surface area contributed by atoms with Crippen LogP contribution in [0.2, 0.25) is 0 Å². The van der Waals surface area contributed by atoms with E-state index in [-0.39, 0.29) is 9.84 Å². The summed E-state index contributed by atoms with van der Waals surface area (Å²) in [5, 5.41) is 13.9. The van der Waals surface area contributed by atoms with Crippen LogP contribution < -0.4 is 26.7 Å². The van der Waals surface area contributed by atoms with Crippen LogP contribution in [0, 0.1) is 12.3 Å². The summed E-state index contributed by atoms with van der Waals surface area (Å²) in [4.78, 5) is 12.6. The molecule has 0 bridgehead atoms. The minimum absolute atomic E-state index is 0. The van der Waals surface area contributed by atoms with E-state index in [1.54, 1.807) is 18.7 Å². The van der Waals surface area contributed by atoms with Gasteiger partial charge in [-0.3, -0.25) is 4.79 Å². The number of ether oxygens (including phenoxy) is 2. The SMILES string of the molecule is C=C(C)c1ccc2c(c1)CC(C)O2.CCOC.CNc1ccc(C)n(CC(NCc2ccc(N)c(C=N)c2)=C2CC2)c1=O.[HH].[HH].[HH]. The van der Waals surface area contributed by atoms with E-state index in [9.17, 15) is 4.79 Å². The van der Waals surface area contributed by atoms with Gasteiger partial charge in [0.2, 0.25) is 0 Å². The van der Waals surface area contributed by atoms with Crippen LogP contribution in [0.1, 0.15) is 65.8 Å². The molecule has 8 nitrogen and oxygen atoms in total. The third-order valence-electron chi connectivity index (χ3n) is 7.39. The van der Waals surface area contributed by atoms with Gasteiger partial charge in [0.05, 0.1) is 6.54 Å². The van der Waals surface area contributed by atoms with Crippen molar-refractivity contribution in [1.29, 1.82) is 5.41 Å². The van der Waals surface area contributed by atoms with Gasteiger partial charge in [-0.1, -0.05) is 24.3 Å². The number of nitrogens with two attached hydrogens (primary N) is 1. The van der Waals surface area contributed by atoms with Crippen molar-refractivity contribution in [2.45, 2.75) is 66.2 Å². The number of rotatable bonds is 9. The summed E-state index contributed by atoms with van der Waals surface area (Å²) in [5.41, 5.74) is 15.9. The maximum Gasteiger partial charge on any atom is 0.274 e. The Hall–Kier alpha value is -4.30. The molecule has 2 heterocycles. The molecule has 1 aliphatic carbocycles. The summed E-state index contributed by atoms with van der Waals surface area (Å²) in [7, 11) is 3.44. The number of aryl methyl sites for hydroxylation is 1. The molecule has 2 aromatic carbocycles. The molecule has 1 aromatic heterocycles. The number of nitrogen functional groups attached to an aromatic ring is 1. The number of anilines is 2. The average molecular weight is 592 g/mol. The normalized spacial score (nSPS) is 14.2. The Morgan fingerprint density at radius 3 is 2.56 bits per heavy atom. The third kappa shape index (κ3) is 9.35. The molecule has 1 unspecified atom stereocenters. The van der Waals surface area contributed by atoms with Crippen molar-refractivity contribution >= 4 is 23.2 Å². The van der Waals surface area contributed by atoms with Crippen LogP contribution >= 0.6 is 0 Å². The monoisotopic (exact) mass is 591 g/mol. The molecule has 8 heteroatoms. The number of hydrogen-bond acceptors (Lipinski definition) is 7. The van der Waals surface area contributed by atoms with Gasteiger partial charge >= 0.3 is 0 Å². The van der Waals surface area contributed by atoms with Gasteiger partial charge in [0.1, 0.15) is 17.5 Å². The van der Waals surface area contributed by atoms with Crippen LogP contribution in [0.5, 0.6) is 5.75 Å².